The first-order valence-corrected chi connectivity index (χ1v) is 11.1. The van der Waals surface area contributed by atoms with Crippen molar-refractivity contribution in [3.63, 3.8) is 0 Å². The molecule has 33 heavy (non-hydrogen) atoms. The molecule has 0 aromatic heterocycles. The van der Waals surface area contributed by atoms with Crippen molar-refractivity contribution in [1.82, 2.24) is 0 Å². The lowest BCUT2D eigenvalue weighted by Gasteiger charge is -2.44. The summed E-state index contributed by atoms with van der Waals surface area (Å²) < 4.78 is 22.7. The van der Waals surface area contributed by atoms with Crippen LogP contribution in [0.3, 0.4) is 0 Å². The summed E-state index contributed by atoms with van der Waals surface area (Å²) in [6, 6.07) is 0. The van der Waals surface area contributed by atoms with Crippen LogP contribution in [-0.2, 0) is 38.1 Å². The summed E-state index contributed by atoms with van der Waals surface area (Å²) in [7, 11) is 0. The summed E-state index contributed by atoms with van der Waals surface area (Å²) in [4.78, 5) is 49.2. The summed E-state index contributed by atoms with van der Waals surface area (Å²) in [5.74, 6) is -4.36. The van der Waals surface area contributed by atoms with Gasteiger partial charge >= 0.3 is 23.9 Å². The van der Waals surface area contributed by atoms with E-state index in [1.165, 1.54) is 13.8 Å². The lowest BCUT2D eigenvalue weighted by atomic mass is 9.66. The van der Waals surface area contributed by atoms with Crippen molar-refractivity contribution in [2.45, 2.75) is 78.5 Å². The molecule has 2 aliphatic carbocycles. The SMILES string of the molecule is C=C1C(=O)OC2C(O)C(C)C3C(OC(=O)C(C)=CC)CC(OC(C)=O)C3(C)C(OC(C)=O)C12. The van der Waals surface area contributed by atoms with Gasteiger partial charge in [0, 0.05) is 42.7 Å². The number of rotatable bonds is 4. The Morgan fingerprint density at radius 3 is 2.30 bits per heavy atom. The van der Waals surface area contributed by atoms with Gasteiger partial charge in [-0.2, -0.15) is 0 Å². The highest BCUT2D eigenvalue weighted by Gasteiger charge is 2.69. The molecule has 1 saturated heterocycles. The standard InChI is InChI=1S/C24H32O9/c1-8-10(2)22(28)32-15-9-16(30-13(5)25)24(7)18(15)12(4)19(27)20-17(11(3)23(29)33-20)21(24)31-14(6)26/h8,12,15-21,27H,3,9H2,1-2,4-7H3. The molecular weight excluding hydrogens is 432 g/mol. The van der Waals surface area contributed by atoms with Gasteiger partial charge in [-0.15, -0.1) is 0 Å². The highest BCUT2D eigenvalue weighted by molar-refractivity contribution is 5.91. The molecule has 9 heteroatoms. The van der Waals surface area contributed by atoms with Crippen molar-refractivity contribution in [2.24, 2.45) is 23.2 Å². The van der Waals surface area contributed by atoms with Gasteiger partial charge in [0.1, 0.15) is 24.4 Å². The average molecular weight is 465 g/mol. The topological polar surface area (TPSA) is 125 Å². The van der Waals surface area contributed by atoms with Gasteiger partial charge in [-0.3, -0.25) is 9.59 Å². The molecule has 0 aromatic carbocycles. The number of esters is 4. The Kier molecular flexibility index (Phi) is 6.75. The van der Waals surface area contributed by atoms with Gasteiger partial charge < -0.3 is 24.1 Å². The van der Waals surface area contributed by atoms with Gasteiger partial charge in [-0.05, 0) is 19.8 Å². The van der Waals surface area contributed by atoms with Gasteiger partial charge in [-0.25, -0.2) is 9.59 Å². The first-order chi connectivity index (χ1) is 15.3. The minimum absolute atomic E-state index is 0.0751. The lowest BCUT2D eigenvalue weighted by molar-refractivity contribution is -0.178. The van der Waals surface area contributed by atoms with Gasteiger partial charge in [0.2, 0.25) is 0 Å². The van der Waals surface area contributed by atoms with Gasteiger partial charge in [-0.1, -0.05) is 26.5 Å². The molecule has 0 bridgehead atoms. The fraction of sp³-hybridized carbons (Fsp3) is 0.667. The number of allylic oxidation sites excluding steroid dienone is 1. The Hall–Kier alpha value is -2.68. The molecule has 182 valence electrons. The zero-order chi connectivity index (χ0) is 24.8. The van der Waals surface area contributed by atoms with Crippen molar-refractivity contribution < 1.29 is 43.2 Å². The predicted octanol–water partition coefficient (Wildman–Crippen LogP) is 1.86. The van der Waals surface area contributed by atoms with Crippen molar-refractivity contribution >= 4 is 23.9 Å². The largest absolute Gasteiger partial charge is 0.462 e. The van der Waals surface area contributed by atoms with Crippen LogP contribution in [0.2, 0.25) is 0 Å². The predicted molar refractivity (Wildman–Crippen MR) is 114 cm³/mol. The lowest BCUT2D eigenvalue weighted by Crippen LogP contribution is -2.52. The van der Waals surface area contributed by atoms with Gasteiger partial charge in [0.05, 0.1) is 12.0 Å². The van der Waals surface area contributed by atoms with E-state index in [4.69, 9.17) is 18.9 Å². The van der Waals surface area contributed by atoms with Crippen LogP contribution < -0.4 is 0 Å². The molecule has 9 unspecified atom stereocenters. The van der Waals surface area contributed by atoms with Crippen LogP contribution in [0, 0.1) is 23.2 Å². The molecule has 0 radical (unpaired) electrons. The minimum atomic E-state index is -1.15. The first kappa shape index (κ1) is 25.0. The third-order valence-electron chi connectivity index (χ3n) is 7.52. The Balaban J connectivity index is 2.18. The van der Waals surface area contributed by atoms with Crippen molar-refractivity contribution in [1.29, 1.82) is 0 Å². The summed E-state index contributed by atoms with van der Waals surface area (Å²) in [5.41, 5.74) is -0.626. The fourth-order valence-corrected chi connectivity index (χ4v) is 5.87. The smallest absolute Gasteiger partial charge is 0.334 e. The highest BCUT2D eigenvalue weighted by atomic mass is 16.6. The maximum Gasteiger partial charge on any atom is 0.334 e. The van der Waals surface area contributed by atoms with E-state index in [2.05, 4.69) is 6.58 Å². The highest BCUT2D eigenvalue weighted by Crippen LogP contribution is 2.59. The number of hydrogen-bond donors (Lipinski definition) is 1. The van der Waals surface area contributed by atoms with Crippen molar-refractivity contribution in [3.8, 4) is 0 Å². The number of aliphatic hydroxyl groups is 1. The quantitative estimate of drug-likeness (QED) is 0.377. The van der Waals surface area contributed by atoms with E-state index in [0.717, 1.165) is 0 Å². The molecule has 9 nitrogen and oxygen atoms in total. The van der Waals surface area contributed by atoms with Crippen LogP contribution in [0.4, 0.5) is 0 Å². The Bertz CT molecular complexity index is 906. The molecule has 1 aliphatic heterocycles. The summed E-state index contributed by atoms with van der Waals surface area (Å²) in [6.07, 6.45) is -2.95. The Morgan fingerprint density at radius 1 is 1.15 bits per heavy atom. The molecule has 3 fully saturated rings. The van der Waals surface area contributed by atoms with E-state index in [0.29, 0.717) is 5.57 Å². The second-order valence-corrected chi connectivity index (χ2v) is 9.44. The van der Waals surface area contributed by atoms with Crippen LogP contribution in [0.5, 0.6) is 0 Å². The van der Waals surface area contributed by atoms with Crippen LogP contribution >= 0.6 is 0 Å². The normalized spacial score (nSPS) is 40.3. The minimum Gasteiger partial charge on any atom is -0.462 e. The van der Waals surface area contributed by atoms with Crippen LogP contribution in [0.25, 0.3) is 0 Å². The molecular formula is C24H32O9. The van der Waals surface area contributed by atoms with Gasteiger partial charge in [0.25, 0.3) is 0 Å². The maximum absolute atomic E-state index is 12.6. The molecule has 3 rings (SSSR count). The van der Waals surface area contributed by atoms with E-state index in [9.17, 15) is 24.3 Å². The Labute approximate surface area is 193 Å². The fourth-order valence-electron chi connectivity index (χ4n) is 5.87. The van der Waals surface area contributed by atoms with Crippen LogP contribution in [0.1, 0.15) is 48.0 Å². The molecule has 1 heterocycles. The number of ether oxygens (including phenoxy) is 4. The number of hydrogen-bond acceptors (Lipinski definition) is 9. The number of aliphatic hydroxyl groups excluding tert-OH is 1. The van der Waals surface area contributed by atoms with E-state index in [1.807, 2.05) is 0 Å². The summed E-state index contributed by atoms with van der Waals surface area (Å²) in [6.45, 7) is 13.2. The maximum atomic E-state index is 12.6. The second kappa shape index (κ2) is 8.93. The Morgan fingerprint density at radius 2 is 1.76 bits per heavy atom. The first-order valence-electron chi connectivity index (χ1n) is 11.1. The molecule has 0 spiro atoms. The summed E-state index contributed by atoms with van der Waals surface area (Å²) >= 11 is 0. The van der Waals surface area contributed by atoms with E-state index < -0.39 is 77.6 Å². The third kappa shape index (κ3) is 4.07. The zero-order valence-electron chi connectivity index (χ0n) is 19.8. The molecule has 1 N–H and O–H groups in total. The van der Waals surface area contributed by atoms with Crippen LogP contribution in [-0.4, -0.2) is 59.5 Å². The van der Waals surface area contributed by atoms with E-state index >= 15 is 0 Å². The van der Waals surface area contributed by atoms with E-state index in [1.54, 1.807) is 33.8 Å². The third-order valence-corrected chi connectivity index (χ3v) is 7.52. The molecule has 0 aromatic rings. The van der Waals surface area contributed by atoms with Crippen LogP contribution in [0.15, 0.2) is 23.8 Å². The molecule has 3 aliphatic rings. The van der Waals surface area contributed by atoms with Crippen molar-refractivity contribution in [3.05, 3.63) is 23.8 Å². The molecule has 0 amide bonds. The van der Waals surface area contributed by atoms with Crippen molar-refractivity contribution in [2.75, 3.05) is 0 Å². The monoisotopic (exact) mass is 464 g/mol. The zero-order valence-corrected chi connectivity index (χ0v) is 19.8. The number of fused-ring (bicyclic) bond motifs is 2. The molecule has 9 atom stereocenters. The average Bonchev–Trinajstić information content (AvgIpc) is 3.15. The summed E-state index contributed by atoms with van der Waals surface area (Å²) in [5, 5.41) is 11.2. The number of carbonyl (C=O) groups is 4. The van der Waals surface area contributed by atoms with E-state index in [-0.39, 0.29) is 12.0 Å². The number of carbonyl (C=O) groups excluding carboxylic acids is 4. The van der Waals surface area contributed by atoms with Gasteiger partial charge in [0.15, 0.2) is 0 Å². The second-order valence-electron chi connectivity index (χ2n) is 9.44. The molecule has 2 saturated carbocycles.